The molecule has 5 unspecified atom stereocenters. The molecular weight excluding hydrogens is 775 g/mol. The minimum atomic E-state index is 0. The third kappa shape index (κ3) is 7.85. The number of rotatable bonds is 10. The minimum absolute atomic E-state index is 0. The van der Waals surface area contributed by atoms with Gasteiger partial charge in [-0.1, -0.05) is 131 Å². The van der Waals surface area contributed by atoms with Gasteiger partial charge in [-0.2, -0.15) is 4.58 Å². The first kappa shape index (κ1) is 41.2. The Bertz CT molecular complexity index is 1490. The third-order valence-electron chi connectivity index (χ3n) is 13.3. The molecule has 4 nitrogen and oxygen atoms in total. The zero-order chi connectivity index (χ0) is 34.4. The molecule has 3 aliphatic carbocycles. The minimum Gasteiger partial charge on any atom is -0.648 e. The number of aromatic nitrogens is 2. The molecule has 50 heavy (non-hydrogen) atoms. The van der Waals surface area contributed by atoms with Crippen LogP contribution in [0.25, 0.3) is 10.9 Å². The Morgan fingerprint density at radius 3 is 1.94 bits per heavy atom. The van der Waals surface area contributed by atoms with E-state index in [4.69, 9.17) is 10.3 Å². The summed E-state index contributed by atoms with van der Waals surface area (Å²) < 4.78 is 4.84. The molecule has 5 heteroatoms. The van der Waals surface area contributed by atoms with Gasteiger partial charge in [0.2, 0.25) is 5.82 Å². The molecule has 0 spiro atoms. The summed E-state index contributed by atoms with van der Waals surface area (Å²) in [6.45, 7) is 24.7. The van der Waals surface area contributed by atoms with Crippen LogP contribution in [0.15, 0.2) is 48.7 Å². The van der Waals surface area contributed by atoms with Crippen molar-refractivity contribution in [2.24, 2.45) is 72.1 Å². The van der Waals surface area contributed by atoms with Crippen molar-refractivity contribution in [2.75, 3.05) is 0 Å². The summed E-state index contributed by atoms with van der Waals surface area (Å²) in [7, 11) is 2.26. The van der Waals surface area contributed by atoms with Gasteiger partial charge in [-0.25, -0.2) is 0 Å². The van der Waals surface area contributed by atoms with E-state index in [1.165, 1.54) is 60.5 Å². The Morgan fingerprint density at radius 1 is 0.800 bits per heavy atom. The fourth-order valence-electron chi connectivity index (χ4n) is 10.5. The molecule has 5 atom stereocenters. The quantitative estimate of drug-likeness (QED) is 0.133. The van der Waals surface area contributed by atoms with Gasteiger partial charge in [-0.3, -0.25) is 0 Å². The van der Waals surface area contributed by atoms with Gasteiger partial charge in [0, 0.05) is 50.4 Å². The largest absolute Gasteiger partial charge is 0.648 e. The molecule has 0 radical (unpaired) electrons. The Hall–Kier alpha value is -1.59. The summed E-state index contributed by atoms with van der Waals surface area (Å²) in [5.41, 5.74) is 5.26. The van der Waals surface area contributed by atoms with Crippen molar-refractivity contribution in [3.63, 3.8) is 0 Å². The summed E-state index contributed by atoms with van der Waals surface area (Å²) in [5.74, 6) is 9.27. The topological polar surface area (TPSA) is 34.9 Å². The van der Waals surface area contributed by atoms with Crippen LogP contribution in [0.5, 0.6) is 0 Å². The number of aryl methyl sites for hydroxylation is 1. The summed E-state index contributed by atoms with van der Waals surface area (Å²) >= 11 is 0. The van der Waals surface area contributed by atoms with E-state index in [9.17, 15) is 0 Å². The van der Waals surface area contributed by atoms with Crippen LogP contribution in [-0.4, -0.2) is 21.3 Å². The van der Waals surface area contributed by atoms with Crippen LogP contribution in [0.2, 0.25) is 0 Å². The average Bonchev–Trinajstić information content (AvgIpc) is 3.59. The van der Waals surface area contributed by atoms with Crippen LogP contribution < -0.4 is 4.58 Å². The number of benzene rings is 1. The predicted octanol–water partition coefficient (Wildman–Crippen LogP) is 12.2. The molecule has 1 aromatic heterocycles. The first-order valence-electron chi connectivity index (χ1n) is 19.7. The second-order valence-electron chi connectivity index (χ2n) is 17.8. The molecule has 0 saturated heterocycles. The zero-order valence-corrected chi connectivity index (χ0v) is 37.2. The molecule has 0 bridgehead atoms. The molecule has 4 aliphatic rings. The second kappa shape index (κ2) is 17.0. The van der Waals surface area contributed by atoms with E-state index in [-0.39, 0.29) is 39.3 Å². The van der Waals surface area contributed by atoms with Crippen LogP contribution in [0.3, 0.4) is 0 Å². The summed E-state index contributed by atoms with van der Waals surface area (Å²) in [6, 6.07) is 9.37. The number of para-hydroxylation sites is 1. The molecule has 2 saturated carbocycles. The molecular formula is C45H69HfN4-. The number of nitrogens with zero attached hydrogens (tertiary/aromatic N) is 4. The van der Waals surface area contributed by atoms with Gasteiger partial charge in [0.05, 0.1) is 0 Å². The molecule has 2 fully saturated rings. The Kier molecular flexibility index (Phi) is 14.0. The van der Waals surface area contributed by atoms with Crippen LogP contribution in [-0.2, 0) is 32.9 Å². The van der Waals surface area contributed by atoms with E-state index in [0.717, 1.165) is 24.1 Å². The maximum atomic E-state index is 6.27. The number of imidazole rings is 1. The number of allylic oxidation sites excluding steroid dienone is 4. The van der Waals surface area contributed by atoms with Crippen molar-refractivity contribution in [3.05, 3.63) is 72.8 Å². The smallest absolute Gasteiger partial charge is 0.346 e. The van der Waals surface area contributed by atoms with E-state index >= 15 is 0 Å². The fraction of sp³-hybridized carbons (Fsp3) is 0.667. The Balaban J connectivity index is 0.00000281. The van der Waals surface area contributed by atoms with E-state index in [0.29, 0.717) is 59.3 Å². The van der Waals surface area contributed by atoms with Crippen molar-refractivity contribution in [3.8, 4) is 0 Å². The van der Waals surface area contributed by atoms with Gasteiger partial charge >= 0.3 is 5.82 Å². The normalized spacial score (nSPS) is 28.6. The molecule has 2 aromatic rings. The molecule has 1 aliphatic heterocycles. The van der Waals surface area contributed by atoms with Gasteiger partial charge in [-0.05, 0) is 89.3 Å². The van der Waals surface area contributed by atoms with E-state index in [1.807, 2.05) is 0 Å². The van der Waals surface area contributed by atoms with Gasteiger partial charge in [0.25, 0.3) is 0 Å². The van der Waals surface area contributed by atoms with E-state index < -0.39 is 0 Å². The predicted molar refractivity (Wildman–Crippen MR) is 212 cm³/mol. The zero-order valence-electron chi connectivity index (χ0n) is 33.7. The molecule has 6 rings (SSSR count). The summed E-state index contributed by atoms with van der Waals surface area (Å²) in [4.78, 5) is 5.73. The Labute approximate surface area is 325 Å². The molecule has 274 valence electrons. The summed E-state index contributed by atoms with van der Waals surface area (Å²) in [5, 5.41) is 6.27. The van der Waals surface area contributed by atoms with Gasteiger partial charge in [0.15, 0.2) is 0 Å². The third-order valence-corrected chi connectivity index (χ3v) is 13.3. The first-order chi connectivity index (χ1) is 22.9. The van der Waals surface area contributed by atoms with Crippen molar-refractivity contribution in [2.45, 2.75) is 120 Å². The standard InChI is InChI=1S/C44H66N4.CH3.Hf/c1-26(2)31-23-36(29(7)8)41(37(24-31)30(9)10)43(46-42-32(27(3)4)19-16-20-33(42)28(5)6)44-45-40(25-47(44)11)48-38-21-14-12-17-34(38)35-18-13-15-22-39(35)48;;/h12-15,17-18,21,25-33,36-37,41-43H,16,19-20,22-24H2,1-11H3;1H3;/q;-1;. The van der Waals surface area contributed by atoms with Gasteiger partial charge in [0.1, 0.15) is 17.6 Å². The first-order valence-corrected chi connectivity index (χ1v) is 19.7. The van der Waals surface area contributed by atoms with Crippen LogP contribution in [0.4, 0.5) is 11.5 Å². The fourth-order valence-corrected chi connectivity index (χ4v) is 10.5. The SMILES string of the molecule is CC(C)C1CC(C(C)C)C(C([N-]C2C(C(C)C)CCCC2C(C)C)c2nc([N+]3=C4CC=CC=C4c4ccccc43)cn2C)C(C(C)C)C1.[CH3-].[Hf]. The molecule has 0 amide bonds. The van der Waals surface area contributed by atoms with Crippen molar-refractivity contribution in [1.29, 1.82) is 0 Å². The average molecular weight is 845 g/mol. The monoisotopic (exact) mass is 845 g/mol. The van der Waals surface area contributed by atoms with Crippen LogP contribution in [0, 0.1) is 72.5 Å². The van der Waals surface area contributed by atoms with Crippen molar-refractivity contribution in [1.82, 2.24) is 14.1 Å². The molecule has 1 aromatic carbocycles. The summed E-state index contributed by atoms with van der Waals surface area (Å²) in [6.07, 6.45) is 16.6. The number of hydrogen-bond donors (Lipinski definition) is 0. The number of fused-ring (bicyclic) bond motifs is 3. The van der Waals surface area contributed by atoms with Crippen LogP contribution >= 0.6 is 0 Å². The van der Waals surface area contributed by atoms with Crippen LogP contribution in [0.1, 0.15) is 125 Å². The second-order valence-corrected chi connectivity index (χ2v) is 17.8. The van der Waals surface area contributed by atoms with Crippen molar-refractivity contribution >= 4 is 22.8 Å². The molecule has 2 heterocycles. The van der Waals surface area contributed by atoms with Gasteiger partial charge < -0.3 is 17.3 Å². The van der Waals surface area contributed by atoms with Gasteiger partial charge in [-0.15, -0.1) is 6.04 Å². The maximum Gasteiger partial charge on any atom is 0.346 e. The number of hydrogen-bond acceptors (Lipinski definition) is 1. The maximum absolute atomic E-state index is 6.27. The van der Waals surface area contributed by atoms with E-state index in [2.05, 4.69) is 134 Å². The van der Waals surface area contributed by atoms with Crippen molar-refractivity contribution < 1.29 is 25.8 Å². The van der Waals surface area contributed by atoms with E-state index in [1.54, 1.807) is 0 Å². The molecule has 0 N–H and O–H groups in total. The Morgan fingerprint density at radius 2 is 1.38 bits per heavy atom.